The minimum atomic E-state index is -0.0954. The van der Waals surface area contributed by atoms with E-state index in [1.807, 2.05) is 55.5 Å². The average molecular weight is 468 g/mol. The Morgan fingerprint density at radius 1 is 1.09 bits per heavy atom. The summed E-state index contributed by atoms with van der Waals surface area (Å²) < 4.78 is 2.76. The van der Waals surface area contributed by atoms with Crippen LogP contribution in [0.4, 0.5) is 5.13 Å². The van der Waals surface area contributed by atoms with Gasteiger partial charge < -0.3 is 4.90 Å². The Labute approximate surface area is 197 Å². The second kappa shape index (κ2) is 9.81. The summed E-state index contributed by atoms with van der Waals surface area (Å²) in [5.41, 5.74) is 3.14. The Bertz CT molecular complexity index is 1220. The Morgan fingerprint density at radius 2 is 1.84 bits per heavy atom. The van der Waals surface area contributed by atoms with Gasteiger partial charge in [-0.2, -0.15) is 5.10 Å². The van der Waals surface area contributed by atoms with Crippen LogP contribution in [0.5, 0.6) is 0 Å². The number of likely N-dealkylation sites (N-methyl/N-ethyl adjacent to an activating group) is 1. The lowest BCUT2D eigenvalue weighted by Crippen LogP contribution is -2.39. The minimum Gasteiger partial charge on any atom is -0.302 e. The van der Waals surface area contributed by atoms with Crippen LogP contribution in [0.15, 0.2) is 54.7 Å². The molecule has 0 N–H and O–H groups in total. The first-order valence-corrected chi connectivity index (χ1v) is 11.9. The second-order valence-electron chi connectivity index (χ2n) is 7.48. The van der Waals surface area contributed by atoms with Crippen molar-refractivity contribution in [2.45, 2.75) is 20.8 Å². The highest BCUT2D eigenvalue weighted by Gasteiger charge is 2.25. The van der Waals surface area contributed by atoms with Gasteiger partial charge in [-0.05, 0) is 50.3 Å². The van der Waals surface area contributed by atoms with Crippen molar-refractivity contribution >= 4 is 44.2 Å². The molecule has 0 unspecified atom stereocenters. The van der Waals surface area contributed by atoms with Crippen molar-refractivity contribution in [1.82, 2.24) is 19.7 Å². The van der Waals surface area contributed by atoms with Gasteiger partial charge >= 0.3 is 0 Å². The van der Waals surface area contributed by atoms with E-state index in [2.05, 4.69) is 23.8 Å². The van der Waals surface area contributed by atoms with Crippen molar-refractivity contribution in [2.75, 3.05) is 31.1 Å². The molecule has 2 heterocycles. The van der Waals surface area contributed by atoms with E-state index >= 15 is 0 Å². The molecule has 0 saturated carbocycles. The van der Waals surface area contributed by atoms with Gasteiger partial charge in [0.25, 0.3) is 5.91 Å². The van der Waals surface area contributed by atoms with E-state index < -0.39 is 0 Å². The molecule has 2 aromatic carbocycles. The molecule has 6 nitrogen and oxygen atoms in total. The number of hydrogen-bond acceptors (Lipinski definition) is 5. The van der Waals surface area contributed by atoms with E-state index in [1.165, 1.54) is 11.3 Å². The molecule has 0 bridgehead atoms. The summed E-state index contributed by atoms with van der Waals surface area (Å²) in [4.78, 5) is 22.6. The lowest BCUT2D eigenvalue weighted by Gasteiger charge is -2.24. The zero-order valence-electron chi connectivity index (χ0n) is 18.5. The van der Waals surface area contributed by atoms with E-state index in [0.29, 0.717) is 22.3 Å². The normalized spacial score (nSPS) is 11.4. The first-order chi connectivity index (χ1) is 15.5. The number of fused-ring (bicyclic) bond motifs is 1. The number of para-hydroxylation sites is 1. The molecule has 1 amide bonds. The summed E-state index contributed by atoms with van der Waals surface area (Å²) in [5.74, 6) is -0.0954. The summed E-state index contributed by atoms with van der Waals surface area (Å²) >= 11 is 7.65. The quantitative estimate of drug-likeness (QED) is 0.346. The lowest BCUT2D eigenvalue weighted by molar-refractivity contribution is 0.0983. The Kier molecular flexibility index (Phi) is 6.89. The van der Waals surface area contributed by atoms with E-state index in [0.717, 1.165) is 41.2 Å². The maximum absolute atomic E-state index is 13.7. The molecule has 32 heavy (non-hydrogen) atoms. The van der Waals surface area contributed by atoms with Crippen molar-refractivity contribution < 1.29 is 4.79 Å². The van der Waals surface area contributed by atoms with E-state index in [9.17, 15) is 4.79 Å². The van der Waals surface area contributed by atoms with Crippen LogP contribution < -0.4 is 4.90 Å². The second-order valence-corrected chi connectivity index (χ2v) is 8.93. The van der Waals surface area contributed by atoms with Crippen molar-refractivity contribution in [1.29, 1.82) is 0 Å². The maximum Gasteiger partial charge on any atom is 0.263 e. The van der Waals surface area contributed by atoms with Crippen LogP contribution in [-0.4, -0.2) is 51.8 Å². The van der Waals surface area contributed by atoms with Gasteiger partial charge in [0.1, 0.15) is 0 Å². The molecule has 0 saturated heterocycles. The molecular weight excluding hydrogens is 442 g/mol. The third-order valence-electron chi connectivity index (χ3n) is 5.59. The molecule has 0 atom stereocenters. The molecule has 0 aliphatic carbocycles. The first-order valence-electron chi connectivity index (χ1n) is 10.7. The zero-order valence-corrected chi connectivity index (χ0v) is 20.0. The van der Waals surface area contributed by atoms with E-state index in [-0.39, 0.29) is 5.91 Å². The minimum absolute atomic E-state index is 0.0954. The highest BCUT2D eigenvalue weighted by molar-refractivity contribution is 7.22. The zero-order chi connectivity index (χ0) is 22.7. The number of hydrogen-bond donors (Lipinski definition) is 0. The molecule has 0 radical (unpaired) electrons. The Hall–Kier alpha value is -2.74. The Morgan fingerprint density at radius 3 is 2.56 bits per heavy atom. The summed E-state index contributed by atoms with van der Waals surface area (Å²) in [6.07, 6.45) is 1.65. The van der Waals surface area contributed by atoms with Crippen LogP contribution in [0.2, 0.25) is 5.02 Å². The number of rotatable bonds is 8. The molecule has 0 fully saturated rings. The van der Waals surface area contributed by atoms with Crippen LogP contribution >= 0.6 is 22.9 Å². The SMILES string of the molecule is CCN(CC)CCN(C(=O)c1cnn(-c2ccccc2)c1C)c1nc2ccc(Cl)cc2s1. The van der Waals surface area contributed by atoms with Gasteiger partial charge in [0.05, 0.1) is 33.4 Å². The number of anilines is 1. The number of aromatic nitrogens is 3. The van der Waals surface area contributed by atoms with Gasteiger partial charge in [0.2, 0.25) is 0 Å². The standard InChI is InChI=1S/C24H26ClN5OS/c1-4-28(5-2)13-14-29(24-27-21-12-11-18(25)15-22(21)32-24)23(31)20-16-26-30(17(20)3)19-9-7-6-8-10-19/h6-12,15-16H,4-5,13-14H2,1-3H3. The van der Waals surface area contributed by atoms with E-state index in [4.69, 9.17) is 16.6 Å². The summed E-state index contributed by atoms with van der Waals surface area (Å²) in [6.45, 7) is 9.35. The van der Waals surface area contributed by atoms with Crippen molar-refractivity contribution in [3.63, 3.8) is 0 Å². The monoisotopic (exact) mass is 467 g/mol. The van der Waals surface area contributed by atoms with Crippen LogP contribution in [-0.2, 0) is 0 Å². The fourth-order valence-electron chi connectivity index (χ4n) is 3.66. The Balaban J connectivity index is 1.70. The summed E-state index contributed by atoms with van der Waals surface area (Å²) in [6, 6.07) is 15.4. The van der Waals surface area contributed by atoms with Crippen molar-refractivity contribution in [3.05, 3.63) is 71.0 Å². The van der Waals surface area contributed by atoms with Gasteiger partial charge in [-0.1, -0.05) is 55.0 Å². The molecule has 4 rings (SSSR count). The third-order valence-corrected chi connectivity index (χ3v) is 6.87. The van der Waals surface area contributed by atoms with Crippen LogP contribution in [0.1, 0.15) is 29.9 Å². The maximum atomic E-state index is 13.7. The summed E-state index contributed by atoms with van der Waals surface area (Å²) in [5, 5.41) is 5.82. The van der Waals surface area contributed by atoms with Crippen molar-refractivity contribution in [2.24, 2.45) is 0 Å². The number of benzene rings is 2. The predicted octanol–water partition coefficient (Wildman–Crippen LogP) is 5.43. The number of halogens is 1. The number of carbonyl (C=O) groups excluding carboxylic acids is 1. The molecule has 166 valence electrons. The molecule has 8 heteroatoms. The van der Waals surface area contributed by atoms with Gasteiger partial charge in [-0.25, -0.2) is 9.67 Å². The van der Waals surface area contributed by atoms with Gasteiger partial charge in [0.15, 0.2) is 5.13 Å². The third kappa shape index (κ3) is 4.55. The van der Waals surface area contributed by atoms with Crippen LogP contribution in [0, 0.1) is 6.92 Å². The average Bonchev–Trinajstić information content (AvgIpc) is 3.40. The van der Waals surface area contributed by atoms with Gasteiger partial charge in [0, 0.05) is 18.1 Å². The van der Waals surface area contributed by atoms with Crippen molar-refractivity contribution in [3.8, 4) is 5.69 Å². The number of amides is 1. The molecule has 0 spiro atoms. The largest absolute Gasteiger partial charge is 0.302 e. The van der Waals surface area contributed by atoms with Crippen LogP contribution in [0.3, 0.4) is 0 Å². The molecule has 4 aromatic rings. The fourth-order valence-corrected chi connectivity index (χ4v) is 4.93. The van der Waals surface area contributed by atoms with Crippen LogP contribution in [0.25, 0.3) is 15.9 Å². The van der Waals surface area contributed by atoms with Gasteiger partial charge in [-0.15, -0.1) is 0 Å². The smallest absolute Gasteiger partial charge is 0.263 e. The number of thiazole rings is 1. The molecule has 0 aliphatic heterocycles. The lowest BCUT2D eigenvalue weighted by atomic mass is 10.2. The fraction of sp³-hybridized carbons (Fsp3) is 0.292. The highest BCUT2D eigenvalue weighted by Crippen LogP contribution is 2.32. The highest BCUT2D eigenvalue weighted by atomic mass is 35.5. The first kappa shape index (κ1) is 22.5. The topological polar surface area (TPSA) is 54.3 Å². The molecule has 0 aliphatic rings. The summed E-state index contributed by atoms with van der Waals surface area (Å²) in [7, 11) is 0. The molecular formula is C24H26ClN5OS. The van der Waals surface area contributed by atoms with Gasteiger partial charge in [-0.3, -0.25) is 9.69 Å². The number of nitrogens with zero attached hydrogens (tertiary/aromatic N) is 5. The number of carbonyl (C=O) groups is 1. The predicted molar refractivity (Wildman–Crippen MR) is 132 cm³/mol. The molecule has 2 aromatic heterocycles. The van der Waals surface area contributed by atoms with E-state index in [1.54, 1.807) is 15.8 Å².